The normalized spacial score (nSPS) is 18.1. The largest absolute Gasteiger partial charge is 0.370 e. The van der Waals surface area contributed by atoms with Gasteiger partial charge in [-0.25, -0.2) is 0 Å². The van der Waals surface area contributed by atoms with E-state index in [0.29, 0.717) is 25.4 Å². The van der Waals surface area contributed by atoms with Gasteiger partial charge in [0.2, 0.25) is 0 Å². The van der Waals surface area contributed by atoms with Crippen molar-refractivity contribution in [3.8, 4) is 10.6 Å². The second-order valence-corrected chi connectivity index (χ2v) is 8.17. The number of nitrogens with zero attached hydrogens (tertiary/aromatic N) is 5. The third-order valence-corrected chi connectivity index (χ3v) is 6.69. The van der Waals surface area contributed by atoms with Gasteiger partial charge in [-0.3, -0.25) is 14.8 Å². The molecule has 28 heavy (non-hydrogen) atoms. The smallest absolute Gasteiger partial charge is 0.274 e. The van der Waals surface area contributed by atoms with Crippen molar-refractivity contribution in [1.29, 1.82) is 0 Å². The second-order valence-electron chi connectivity index (χ2n) is 7.03. The van der Waals surface area contributed by atoms with E-state index in [9.17, 15) is 4.79 Å². The third kappa shape index (κ3) is 2.98. The number of amides is 1. The molecule has 2 aliphatic rings. The van der Waals surface area contributed by atoms with Gasteiger partial charge in [0.05, 0.1) is 29.0 Å². The van der Waals surface area contributed by atoms with E-state index in [1.807, 2.05) is 4.90 Å². The molecule has 0 aliphatic carbocycles. The summed E-state index contributed by atoms with van der Waals surface area (Å²) in [6.07, 6.45) is 9.26. The summed E-state index contributed by atoms with van der Waals surface area (Å²) in [5.41, 5.74) is 2.23. The van der Waals surface area contributed by atoms with Gasteiger partial charge in [-0.2, -0.15) is 5.10 Å². The Morgan fingerprint density at radius 2 is 2.11 bits per heavy atom. The van der Waals surface area contributed by atoms with Gasteiger partial charge < -0.3 is 9.64 Å². The molecule has 1 amide bonds. The summed E-state index contributed by atoms with van der Waals surface area (Å²) in [6.45, 7) is 2.00. The summed E-state index contributed by atoms with van der Waals surface area (Å²) in [4.78, 5) is 25.6. The molecule has 0 saturated carbocycles. The van der Waals surface area contributed by atoms with Gasteiger partial charge in [-0.05, 0) is 36.6 Å². The van der Waals surface area contributed by atoms with Crippen LogP contribution in [-0.2, 0) is 16.8 Å². The minimum absolute atomic E-state index is 0.0652. The van der Waals surface area contributed by atoms with Crippen LogP contribution in [0.15, 0.2) is 43.0 Å². The molecule has 0 unspecified atom stereocenters. The van der Waals surface area contributed by atoms with Crippen LogP contribution in [0.1, 0.15) is 33.8 Å². The van der Waals surface area contributed by atoms with Crippen LogP contribution >= 0.6 is 11.3 Å². The molecule has 5 heterocycles. The summed E-state index contributed by atoms with van der Waals surface area (Å²) >= 11 is 1.78. The number of ether oxygens (including phenoxy) is 1. The minimum Gasteiger partial charge on any atom is -0.370 e. The number of hydrogen-bond acceptors (Lipinski definition) is 7. The minimum atomic E-state index is -0.316. The number of rotatable bonds is 2. The number of fused-ring (bicyclic) bond motifs is 2. The first-order valence-corrected chi connectivity index (χ1v) is 10.2. The lowest BCUT2D eigenvalue weighted by molar-refractivity contribution is -0.0926. The monoisotopic (exact) mass is 393 g/mol. The second kappa shape index (κ2) is 7.03. The average molecular weight is 393 g/mol. The van der Waals surface area contributed by atoms with E-state index in [-0.39, 0.29) is 11.5 Å². The first-order chi connectivity index (χ1) is 13.8. The highest BCUT2D eigenvalue weighted by molar-refractivity contribution is 7.15. The predicted octanol–water partition coefficient (Wildman–Crippen LogP) is 2.70. The fourth-order valence-electron chi connectivity index (χ4n) is 4.03. The maximum atomic E-state index is 12.7. The zero-order valence-electron chi connectivity index (χ0n) is 15.2. The Hall–Kier alpha value is -2.71. The molecule has 0 radical (unpaired) electrons. The Labute approximate surface area is 166 Å². The van der Waals surface area contributed by atoms with Crippen LogP contribution in [0.2, 0.25) is 0 Å². The Kier molecular flexibility index (Phi) is 4.37. The summed E-state index contributed by atoms with van der Waals surface area (Å²) in [7, 11) is 0. The van der Waals surface area contributed by atoms with E-state index >= 15 is 0 Å². The van der Waals surface area contributed by atoms with E-state index < -0.39 is 0 Å². The number of hydrogen-bond donors (Lipinski definition) is 0. The number of aromatic nitrogens is 4. The van der Waals surface area contributed by atoms with Gasteiger partial charge in [0.15, 0.2) is 5.69 Å². The Balaban J connectivity index is 1.38. The van der Waals surface area contributed by atoms with Gasteiger partial charge in [0, 0.05) is 43.0 Å². The molecular formula is C20H19N5O2S. The van der Waals surface area contributed by atoms with E-state index in [1.165, 1.54) is 10.4 Å². The topological polar surface area (TPSA) is 81.1 Å². The van der Waals surface area contributed by atoms with Crippen molar-refractivity contribution >= 4 is 17.2 Å². The molecular weight excluding hydrogens is 374 g/mol. The SMILES string of the molecule is O=C(c1cccnn1)N1CCC2(CC1)OCCc1sc(-c3cnccn3)cc12. The molecule has 3 aromatic heterocycles. The number of carbonyl (C=O) groups excluding carboxylic acids is 1. The highest BCUT2D eigenvalue weighted by Crippen LogP contribution is 2.46. The fourth-order valence-corrected chi connectivity index (χ4v) is 5.22. The number of carbonyl (C=O) groups is 1. The molecule has 8 heteroatoms. The highest BCUT2D eigenvalue weighted by Gasteiger charge is 2.43. The maximum Gasteiger partial charge on any atom is 0.274 e. The quantitative estimate of drug-likeness (QED) is 0.666. The van der Waals surface area contributed by atoms with Crippen molar-refractivity contribution in [1.82, 2.24) is 25.1 Å². The van der Waals surface area contributed by atoms with Gasteiger partial charge in [-0.15, -0.1) is 16.4 Å². The van der Waals surface area contributed by atoms with E-state index in [1.54, 1.807) is 48.3 Å². The molecule has 1 fully saturated rings. The molecule has 0 N–H and O–H groups in total. The number of piperidine rings is 1. The molecule has 1 spiro atoms. The Morgan fingerprint density at radius 1 is 1.21 bits per heavy atom. The summed E-state index contributed by atoms with van der Waals surface area (Å²) in [5, 5.41) is 7.76. The summed E-state index contributed by atoms with van der Waals surface area (Å²) < 4.78 is 6.32. The molecule has 7 nitrogen and oxygen atoms in total. The maximum absolute atomic E-state index is 12.7. The van der Waals surface area contributed by atoms with Crippen LogP contribution in [0.25, 0.3) is 10.6 Å². The van der Waals surface area contributed by atoms with Crippen molar-refractivity contribution in [2.45, 2.75) is 24.9 Å². The highest BCUT2D eigenvalue weighted by atomic mass is 32.1. The van der Waals surface area contributed by atoms with Crippen molar-refractivity contribution in [3.05, 3.63) is 59.1 Å². The predicted molar refractivity (Wildman–Crippen MR) is 104 cm³/mol. The number of thiophene rings is 1. The average Bonchev–Trinajstić information content (AvgIpc) is 3.21. The molecule has 1 saturated heterocycles. The molecule has 142 valence electrons. The summed E-state index contributed by atoms with van der Waals surface area (Å²) in [6, 6.07) is 5.66. The Morgan fingerprint density at radius 3 is 2.86 bits per heavy atom. The van der Waals surface area contributed by atoms with Gasteiger partial charge in [-0.1, -0.05) is 0 Å². The fraction of sp³-hybridized carbons (Fsp3) is 0.350. The van der Waals surface area contributed by atoms with E-state index in [0.717, 1.165) is 29.8 Å². The van der Waals surface area contributed by atoms with Gasteiger partial charge >= 0.3 is 0 Å². The lowest BCUT2D eigenvalue weighted by Gasteiger charge is -2.43. The number of likely N-dealkylation sites (tertiary alicyclic amines) is 1. The molecule has 0 atom stereocenters. The lowest BCUT2D eigenvalue weighted by atomic mass is 9.82. The van der Waals surface area contributed by atoms with Crippen LogP contribution in [0.3, 0.4) is 0 Å². The van der Waals surface area contributed by atoms with Crippen LogP contribution in [0.4, 0.5) is 0 Å². The lowest BCUT2D eigenvalue weighted by Crippen LogP contribution is -2.48. The van der Waals surface area contributed by atoms with Crippen LogP contribution in [0.5, 0.6) is 0 Å². The van der Waals surface area contributed by atoms with Crippen LogP contribution in [0, 0.1) is 0 Å². The molecule has 3 aromatic rings. The summed E-state index contributed by atoms with van der Waals surface area (Å²) in [5.74, 6) is -0.0652. The first-order valence-electron chi connectivity index (χ1n) is 9.36. The van der Waals surface area contributed by atoms with E-state index in [4.69, 9.17) is 4.74 Å². The zero-order valence-corrected chi connectivity index (χ0v) is 16.1. The first kappa shape index (κ1) is 17.4. The van der Waals surface area contributed by atoms with Crippen molar-refractivity contribution in [3.63, 3.8) is 0 Å². The van der Waals surface area contributed by atoms with Crippen LogP contribution in [-0.4, -0.2) is 50.7 Å². The third-order valence-electron chi connectivity index (χ3n) is 5.47. The standard InChI is InChI=1S/C20H19N5O2S/c26-19(15-2-1-6-23-24-15)25-9-4-20(5-10-25)14-12-18(16-13-21-7-8-22-16)28-17(14)3-11-27-20/h1-2,6-8,12-13H,3-5,9-11H2. The van der Waals surface area contributed by atoms with Crippen LogP contribution < -0.4 is 0 Å². The molecule has 0 aromatic carbocycles. The molecule has 2 aliphatic heterocycles. The van der Waals surface area contributed by atoms with Crippen molar-refractivity contribution < 1.29 is 9.53 Å². The zero-order chi connectivity index (χ0) is 19.0. The van der Waals surface area contributed by atoms with Gasteiger partial charge in [0.1, 0.15) is 0 Å². The van der Waals surface area contributed by atoms with Crippen molar-refractivity contribution in [2.24, 2.45) is 0 Å². The van der Waals surface area contributed by atoms with Gasteiger partial charge in [0.25, 0.3) is 5.91 Å². The van der Waals surface area contributed by atoms with Crippen molar-refractivity contribution in [2.75, 3.05) is 19.7 Å². The Bertz CT molecular complexity index is 984. The molecule has 5 rings (SSSR count). The van der Waals surface area contributed by atoms with E-state index in [2.05, 4.69) is 26.2 Å². The molecule has 0 bridgehead atoms.